The number of nitrogens with one attached hydrogen (secondary N) is 1. The molecule has 1 aromatic rings. The Kier molecular flexibility index (Phi) is 6.57. The second-order valence-corrected chi connectivity index (χ2v) is 5.95. The molecule has 0 amide bonds. The molecule has 8 nitrogen and oxygen atoms in total. The molecular formula is C18H19ClN2O6. The van der Waals surface area contributed by atoms with Crippen LogP contribution < -0.4 is 5.32 Å². The summed E-state index contributed by atoms with van der Waals surface area (Å²) in [5.74, 6) is -2.27. The molecule has 9 heteroatoms. The van der Waals surface area contributed by atoms with Gasteiger partial charge in [0.2, 0.25) is 0 Å². The lowest BCUT2D eigenvalue weighted by Crippen LogP contribution is -2.33. The number of benzene rings is 1. The summed E-state index contributed by atoms with van der Waals surface area (Å²) in [4.78, 5) is 35.7. The molecule has 0 aromatic heterocycles. The van der Waals surface area contributed by atoms with Crippen molar-refractivity contribution in [2.45, 2.75) is 19.8 Å². The number of rotatable bonds is 6. The average Bonchev–Trinajstić information content (AvgIpc) is 2.66. The number of hydrogen-bond donors (Lipinski definition) is 1. The quantitative estimate of drug-likeness (QED) is 0.342. The second kappa shape index (κ2) is 8.68. The first kappa shape index (κ1) is 20.4. The average molecular weight is 395 g/mol. The highest BCUT2D eigenvalue weighted by Crippen LogP contribution is 2.40. The predicted molar refractivity (Wildman–Crippen MR) is 98.1 cm³/mol. The van der Waals surface area contributed by atoms with Gasteiger partial charge in [0.1, 0.15) is 0 Å². The lowest BCUT2D eigenvalue weighted by Gasteiger charge is -2.30. The Morgan fingerprint density at radius 1 is 1.30 bits per heavy atom. The Balaban J connectivity index is 2.74. The number of hydrogen-bond acceptors (Lipinski definition) is 7. The highest BCUT2D eigenvalue weighted by Gasteiger charge is 2.39. The van der Waals surface area contributed by atoms with Crippen LogP contribution in [0.15, 0.2) is 46.8 Å². The predicted octanol–water partition coefficient (Wildman–Crippen LogP) is 2.78. The standard InChI is InChI=1S/C18H19ClN2O6/c1-4-27-18(23)16-13(9-19)20-10(2)14(17(22)26-3)15(16)11-6-5-7-12(8-11)21(24)25/h5-8,15,20H,4,9H2,1-3H3/t15-/m0/s1. The highest BCUT2D eigenvalue weighted by molar-refractivity contribution is 6.20. The van der Waals surface area contributed by atoms with Gasteiger partial charge in [0, 0.05) is 23.5 Å². The second-order valence-electron chi connectivity index (χ2n) is 5.69. The van der Waals surface area contributed by atoms with Gasteiger partial charge < -0.3 is 14.8 Å². The number of carbonyl (C=O) groups excluding carboxylic acids is 2. The van der Waals surface area contributed by atoms with E-state index in [0.717, 1.165) is 0 Å². The van der Waals surface area contributed by atoms with Crippen LogP contribution in [0.3, 0.4) is 0 Å². The molecule has 0 saturated carbocycles. The molecule has 0 radical (unpaired) electrons. The Morgan fingerprint density at radius 3 is 2.56 bits per heavy atom. The topological polar surface area (TPSA) is 108 Å². The molecule has 1 atom stereocenters. The zero-order valence-electron chi connectivity index (χ0n) is 15.1. The highest BCUT2D eigenvalue weighted by atomic mass is 35.5. The summed E-state index contributed by atoms with van der Waals surface area (Å²) < 4.78 is 10.0. The van der Waals surface area contributed by atoms with E-state index in [2.05, 4.69) is 5.32 Å². The molecule has 27 heavy (non-hydrogen) atoms. The molecule has 0 spiro atoms. The SMILES string of the molecule is CCOC(=O)C1=C(CCl)NC(C)=C(C(=O)OC)[C@@H]1c1cccc([N+](=O)[O-])c1. The first-order chi connectivity index (χ1) is 12.8. The van der Waals surface area contributed by atoms with Gasteiger partial charge in [0.05, 0.1) is 41.6 Å². The van der Waals surface area contributed by atoms with E-state index in [1.807, 2.05) is 0 Å². The zero-order chi connectivity index (χ0) is 20.1. The third kappa shape index (κ3) is 4.11. The van der Waals surface area contributed by atoms with Crippen LogP contribution in [0.25, 0.3) is 0 Å². The van der Waals surface area contributed by atoms with Crippen LogP contribution in [0.1, 0.15) is 25.3 Å². The first-order valence-electron chi connectivity index (χ1n) is 8.12. The van der Waals surface area contributed by atoms with Gasteiger partial charge in [-0.25, -0.2) is 9.59 Å². The van der Waals surface area contributed by atoms with Crippen molar-refractivity contribution >= 4 is 29.2 Å². The van der Waals surface area contributed by atoms with Crippen molar-refractivity contribution < 1.29 is 24.0 Å². The minimum atomic E-state index is -0.911. The lowest BCUT2D eigenvalue weighted by molar-refractivity contribution is -0.384. The summed E-state index contributed by atoms with van der Waals surface area (Å²) in [6, 6.07) is 5.74. The van der Waals surface area contributed by atoms with Gasteiger partial charge in [0.15, 0.2) is 0 Å². The third-order valence-corrected chi connectivity index (χ3v) is 4.36. The van der Waals surface area contributed by atoms with Crippen LogP contribution in [0.5, 0.6) is 0 Å². The molecule has 2 rings (SSSR count). The van der Waals surface area contributed by atoms with E-state index < -0.39 is 22.8 Å². The number of esters is 2. The van der Waals surface area contributed by atoms with E-state index in [1.165, 1.54) is 25.3 Å². The molecule has 0 aliphatic carbocycles. The van der Waals surface area contributed by atoms with Crippen molar-refractivity contribution in [2.75, 3.05) is 19.6 Å². The number of methoxy groups -OCH3 is 1. The van der Waals surface area contributed by atoms with Gasteiger partial charge in [-0.05, 0) is 19.4 Å². The van der Waals surface area contributed by atoms with Crippen molar-refractivity contribution in [1.29, 1.82) is 0 Å². The van der Waals surface area contributed by atoms with Crippen molar-refractivity contribution in [3.8, 4) is 0 Å². The fourth-order valence-corrected chi connectivity index (χ4v) is 3.19. The largest absolute Gasteiger partial charge is 0.466 e. The van der Waals surface area contributed by atoms with E-state index in [-0.39, 0.29) is 29.3 Å². The van der Waals surface area contributed by atoms with Crippen molar-refractivity contribution in [3.63, 3.8) is 0 Å². The van der Waals surface area contributed by atoms with Crippen LogP contribution in [0, 0.1) is 10.1 Å². The molecular weight excluding hydrogens is 376 g/mol. The Hall–Kier alpha value is -2.87. The van der Waals surface area contributed by atoms with Crippen LogP contribution in [0.4, 0.5) is 5.69 Å². The summed E-state index contributed by atoms with van der Waals surface area (Å²) in [6.45, 7) is 3.42. The Morgan fingerprint density at radius 2 is 2.00 bits per heavy atom. The fraction of sp³-hybridized carbons (Fsp3) is 0.333. The van der Waals surface area contributed by atoms with Gasteiger partial charge in [-0.3, -0.25) is 10.1 Å². The van der Waals surface area contributed by atoms with Crippen LogP contribution in [-0.2, 0) is 19.1 Å². The maximum Gasteiger partial charge on any atom is 0.336 e. The first-order valence-corrected chi connectivity index (χ1v) is 8.65. The van der Waals surface area contributed by atoms with E-state index in [9.17, 15) is 19.7 Å². The van der Waals surface area contributed by atoms with Gasteiger partial charge >= 0.3 is 11.9 Å². The number of nitro groups is 1. The maximum atomic E-state index is 12.6. The molecule has 0 unspecified atom stereocenters. The number of nitro benzene ring substituents is 1. The molecule has 1 aliphatic heterocycles. The third-order valence-electron chi connectivity index (χ3n) is 4.09. The summed E-state index contributed by atoms with van der Waals surface area (Å²) in [6.07, 6.45) is 0. The van der Waals surface area contributed by atoms with Crippen molar-refractivity contribution in [3.05, 3.63) is 62.5 Å². The van der Waals surface area contributed by atoms with Gasteiger partial charge in [-0.15, -0.1) is 11.6 Å². The summed E-state index contributed by atoms with van der Waals surface area (Å²) in [7, 11) is 1.22. The minimum absolute atomic E-state index is 0.0363. The van der Waals surface area contributed by atoms with Crippen molar-refractivity contribution in [2.24, 2.45) is 0 Å². The van der Waals surface area contributed by atoms with E-state index in [4.69, 9.17) is 21.1 Å². The Labute approximate surface area is 160 Å². The van der Waals surface area contributed by atoms with Gasteiger partial charge in [-0.1, -0.05) is 12.1 Å². The maximum absolute atomic E-state index is 12.6. The number of allylic oxidation sites excluding steroid dienone is 2. The molecule has 1 aromatic carbocycles. The zero-order valence-corrected chi connectivity index (χ0v) is 15.8. The number of halogens is 1. The number of carbonyl (C=O) groups is 2. The number of ether oxygens (including phenoxy) is 2. The smallest absolute Gasteiger partial charge is 0.336 e. The fourth-order valence-electron chi connectivity index (χ4n) is 2.98. The molecule has 0 saturated heterocycles. The van der Waals surface area contributed by atoms with Gasteiger partial charge in [0.25, 0.3) is 5.69 Å². The minimum Gasteiger partial charge on any atom is -0.466 e. The molecule has 1 aliphatic rings. The van der Waals surface area contributed by atoms with E-state index in [0.29, 0.717) is 17.0 Å². The normalized spacial score (nSPS) is 16.7. The van der Waals surface area contributed by atoms with E-state index in [1.54, 1.807) is 19.9 Å². The summed E-state index contributed by atoms with van der Waals surface area (Å²) >= 11 is 6.01. The van der Waals surface area contributed by atoms with E-state index >= 15 is 0 Å². The van der Waals surface area contributed by atoms with Crippen molar-refractivity contribution in [1.82, 2.24) is 5.32 Å². The number of nitrogens with zero attached hydrogens (tertiary/aromatic N) is 1. The lowest BCUT2D eigenvalue weighted by atomic mass is 9.80. The monoisotopic (exact) mass is 394 g/mol. The molecule has 1 heterocycles. The number of dihydropyridines is 1. The van der Waals surface area contributed by atoms with Crippen LogP contribution in [0.2, 0.25) is 0 Å². The Bertz CT molecular complexity index is 846. The molecule has 144 valence electrons. The van der Waals surface area contributed by atoms with Gasteiger partial charge in [-0.2, -0.15) is 0 Å². The number of non-ortho nitro benzene ring substituents is 1. The molecule has 1 N–H and O–H groups in total. The summed E-state index contributed by atoms with van der Waals surface area (Å²) in [5.41, 5.74) is 1.33. The van der Waals surface area contributed by atoms with Crippen LogP contribution >= 0.6 is 11.6 Å². The molecule has 0 fully saturated rings. The summed E-state index contributed by atoms with van der Waals surface area (Å²) in [5, 5.41) is 14.1. The molecule has 0 bridgehead atoms. The number of alkyl halides is 1. The van der Waals surface area contributed by atoms with Crippen LogP contribution in [-0.4, -0.2) is 36.5 Å².